The molecule has 0 saturated carbocycles. The Morgan fingerprint density at radius 3 is 2.31 bits per heavy atom. The molecule has 0 bridgehead atoms. The zero-order chi connectivity index (χ0) is 26.7. The molecule has 0 radical (unpaired) electrons. The number of anilines is 1. The highest BCUT2D eigenvalue weighted by atomic mass is 32.2. The molecule has 9 heteroatoms. The van der Waals surface area contributed by atoms with Gasteiger partial charge in [-0.15, -0.1) is 0 Å². The van der Waals surface area contributed by atoms with Crippen LogP contribution in [0.25, 0.3) is 0 Å². The number of nitrogens with one attached hydrogen (secondary N) is 1. The molecule has 0 aromatic heterocycles. The second-order valence-electron chi connectivity index (χ2n) is 8.69. The maximum absolute atomic E-state index is 13.8. The van der Waals surface area contributed by atoms with Gasteiger partial charge in [-0.1, -0.05) is 56.7 Å². The second-order valence-corrected chi connectivity index (χ2v) is 10.6. The van der Waals surface area contributed by atoms with Crippen LogP contribution in [0, 0.1) is 6.92 Å². The Labute approximate surface area is 215 Å². The monoisotopic (exact) mass is 517 g/mol. The van der Waals surface area contributed by atoms with E-state index in [1.165, 1.54) is 4.90 Å². The van der Waals surface area contributed by atoms with Gasteiger partial charge in [0.1, 0.15) is 18.3 Å². The summed E-state index contributed by atoms with van der Waals surface area (Å²) >= 11 is 0. The molecule has 0 aliphatic carbocycles. The number of unbranched alkanes of at least 4 members (excludes halogenated alkanes) is 1. The number of sulfonamides is 1. The van der Waals surface area contributed by atoms with Crippen molar-refractivity contribution < 1.29 is 22.7 Å². The topological polar surface area (TPSA) is 96.0 Å². The van der Waals surface area contributed by atoms with E-state index in [-0.39, 0.29) is 18.1 Å². The summed E-state index contributed by atoms with van der Waals surface area (Å²) in [5.41, 5.74) is 2.16. The van der Waals surface area contributed by atoms with Gasteiger partial charge >= 0.3 is 0 Å². The Morgan fingerprint density at radius 2 is 1.69 bits per heavy atom. The van der Waals surface area contributed by atoms with E-state index in [2.05, 4.69) is 5.32 Å². The van der Waals surface area contributed by atoms with E-state index in [0.717, 1.165) is 34.5 Å². The molecule has 2 aromatic carbocycles. The van der Waals surface area contributed by atoms with Crippen molar-refractivity contribution in [3.63, 3.8) is 0 Å². The van der Waals surface area contributed by atoms with Gasteiger partial charge < -0.3 is 15.0 Å². The SMILES string of the molecule is CCCCNC(=O)[C@H](CC)N(Cc1ccccc1C)C(=O)CN(c1ccccc1OCC)S(C)(=O)=O. The van der Waals surface area contributed by atoms with Crippen LogP contribution >= 0.6 is 0 Å². The minimum Gasteiger partial charge on any atom is -0.492 e. The van der Waals surface area contributed by atoms with Gasteiger partial charge in [0, 0.05) is 13.1 Å². The van der Waals surface area contributed by atoms with Gasteiger partial charge in [-0.2, -0.15) is 0 Å². The first-order chi connectivity index (χ1) is 17.1. The lowest BCUT2D eigenvalue weighted by Gasteiger charge is -2.33. The summed E-state index contributed by atoms with van der Waals surface area (Å²) in [4.78, 5) is 28.4. The largest absolute Gasteiger partial charge is 0.492 e. The quantitative estimate of drug-likeness (QED) is 0.384. The number of carbonyl (C=O) groups excluding carboxylic acids is 2. The summed E-state index contributed by atoms with van der Waals surface area (Å²) < 4.78 is 32.3. The Balaban J connectivity index is 2.46. The number of hydrogen-bond donors (Lipinski definition) is 1. The molecule has 0 aliphatic heterocycles. The van der Waals surface area contributed by atoms with Crippen molar-refractivity contribution in [1.29, 1.82) is 0 Å². The molecule has 1 N–H and O–H groups in total. The van der Waals surface area contributed by atoms with Crippen LogP contribution in [0.5, 0.6) is 5.75 Å². The molecular weight excluding hydrogens is 478 g/mol. The maximum Gasteiger partial charge on any atom is 0.244 e. The minimum absolute atomic E-state index is 0.190. The van der Waals surface area contributed by atoms with Gasteiger partial charge in [0.05, 0.1) is 18.6 Å². The lowest BCUT2D eigenvalue weighted by Crippen LogP contribution is -2.52. The van der Waals surface area contributed by atoms with Crippen molar-refractivity contribution in [3.8, 4) is 5.75 Å². The fourth-order valence-corrected chi connectivity index (χ4v) is 4.79. The normalized spacial score (nSPS) is 12.0. The molecular formula is C27H39N3O5S. The molecule has 8 nitrogen and oxygen atoms in total. The summed E-state index contributed by atoms with van der Waals surface area (Å²) in [6.07, 6.45) is 3.23. The third kappa shape index (κ3) is 7.98. The fourth-order valence-electron chi connectivity index (χ4n) is 3.93. The fraction of sp³-hybridized carbons (Fsp3) is 0.481. The standard InChI is InChI=1S/C27H39N3O5S/c1-6-9-18-28-27(32)23(7-2)29(19-22-15-11-10-14-21(22)4)26(31)20-30(36(5,33)34)24-16-12-13-17-25(24)35-8-3/h10-17,23H,6-9,18-20H2,1-5H3,(H,28,32)/t23-/m0/s1. The molecule has 0 heterocycles. The predicted octanol–water partition coefficient (Wildman–Crippen LogP) is 3.88. The highest BCUT2D eigenvalue weighted by Crippen LogP contribution is 2.30. The van der Waals surface area contributed by atoms with Crippen LogP contribution in [0.15, 0.2) is 48.5 Å². The van der Waals surface area contributed by atoms with Crippen molar-refractivity contribution in [2.75, 3.05) is 30.3 Å². The number of nitrogens with zero attached hydrogens (tertiary/aromatic N) is 2. The van der Waals surface area contributed by atoms with Crippen LogP contribution in [0.1, 0.15) is 51.2 Å². The predicted molar refractivity (Wildman–Crippen MR) is 144 cm³/mol. The second kappa shape index (κ2) is 13.9. The third-order valence-corrected chi connectivity index (χ3v) is 7.06. The van der Waals surface area contributed by atoms with Crippen LogP contribution in [0.4, 0.5) is 5.69 Å². The van der Waals surface area contributed by atoms with Gasteiger partial charge in [-0.25, -0.2) is 8.42 Å². The number of carbonyl (C=O) groups is 2. The Hall–Kier alpha value is -3.07. The van der Waals surface area contributed by atoms with E-state index >= 15 is 0 Å². The molecule has 0 spiro atoms. The Morgan fingerprint density at radius 1 is 1.03 bits per heavy atom. The van der Waals surface area contributed by atoms with Crippen molar-refractivity contribution in [1.82, 2.24) is 10.2 Å². The van der Waals surface area contributed by atoms with E-state index in [1.807, 2.05) is 45.0 Å². The lowest BCUT2D eigenvalue weighted by molar-refractivity contribution is -0.140. The molecule has 2 aromatic rings. The van der Waals surface area contributed by atoms with E-state index in [9.17, 15) is 18.0 Å². The number of para-hydroxylation sites is 2. The summed E-state index contributed by atoms with van der Waals surface area (Å²) in [6, 6.07) is 13.6. The molecule has 0 aliphatic rings. The summed E-state index contributed by atoms with van der Waals surface area (Å²) in [7, 11) is -3.83. The van der Waals surface area contributed by atoms with Gasteiger partial charge in [-0.05, 0) is 49.9 Å². The molecule has 0 saturated heterocycles. The van der Waals surface area contributed by atoms with Gasteiger partial charge in [0.25, 0.3) is 0 Å². The number of benzene rings is 2. The minimum atomic E-state index is -3.83. The maximum atomic E-state index is 13.8. The molecule has 1 atom stereocenters. The lowest BCUT2D eigenvalue weighted by atomic mass is 10.1. The molecule has 0 unspecified atom stereocenters. The van der Waals surface area contributed by atoms with Crippen LogP contribution < -0.4 is 14.4 Å². The van der Waals surface area contributed by atoms with E-state index < -0.39 is 28.5 Å². The summed E-state index contributed by atoms with van der Waals surface area (Å²) in [5, 5.41) is 2.93. The van der Waals surface area contributed by atoms with Crippen molar-refractivity contribution in [3.05, 3.63) is 59.7 Å². The number of rotatable bonds is 14. The average molecular weight is 518 g/mol. The molecule has 198 valence electrons. The Kier molecular flexibility index (Phi) is 11.2. The first kappa shape index (κ1) is 29.2. The van der Waals surface area contributed by atoms with E-state index in [4.69, 9.17) is 4.74 Å². The average Bonchev–Trinajstić information content (AvgIpc) is 2.83. The zero-order valence-corrected chi connectivity index (χ0v) is 22.8. The third-order valence-electron chi connectivity index (χ3n) is 5.93. The number of hydrogen-bond acceptors (Lipinski definition) is 5. The molecule has 2 rings (SSSR count). The first-order valence-electron chi connectivity index (χ1n) is 12.4. The van der Waals surface area contributed by atoms with E-state index in [0.29, 0.717) is 25.3 Å². The molecule has 36 heavy (non-hydrogen) atoms. The highest BCUT2D eigenvalue weighted by molar-refractivity contribution is 7.92. The van der Waals surface area contributed by atoms with Crippen LogP contribution in [-0.2, 0) is 26.2 Å². The van der Waals surface area contributed by atoms with Crippen LogP contribution in [0.3, 0.4) is 0 Å². The Bertz CT molecular complexity index is 1120. The number of aryl methyl sites for hydroxylation is 1. The molecule has 2 amide bonds. The van der Waals surface area contributed by atoms with Crippen molar-refractivity contribution in [2.45, 2.75) is 59.5 Å². The van der Waals surface area contributed by atoms with Crippen molar-refractivity contribution in [2.24, 2.45) is 0 Å². The van der Waals surface area contributed by atoms with Gasteiger partial charge in [0.2, 0.25) is 21.8 Å². The van der Waals surface area contributed by atoms with Gasteiger partial charge in [-0.3, -0.25) is 13.9 Å². The summed E-state index contributed by atoms with van der Waals surface area (Å²) in [5.74, 6) is -0.339. The first-order valence-corrected chi connectivity index (χ1v) is 14.3. The van der Waals surface area contributed by atoms with Gasteiger partial charge in [0.15, 0.2) is 0 Å². The van der Waals surface area contributed by atoms with Crippen LogP contribution in [0.2, 0.25) is 0 Å². The smallest absolute Gasteiger partial charge is 0.244 e. The van der Waals surface area contributed by atoms with Crippen LogP contribution in [-0.4, -0.2) is 57.1 Å². The number of amides is 2. The number of ether oxygens (including phenoxy) is 1. The summed E-state index contributed by atoms with van der Waals surface area (Å²) in [6.45, 7) is 8.25. The molecule has 0 fully saturated rings. The zero-order valence-electron chi connectivity index (χ0n) is 22.0. The van der Waals surface area contributed by atoms with E-state index in [1.54, 1.807) is 31.2 Å². The van der Waals surface area contributed by atoms with Crippen molar-refractivity contribution >= 4 is 27.5 Å². The highest BCUT2D eigenvalue weighted by Gasteiger charge is 2.32.